The Hall–Kier alpha value is -3.27. The van der Waals surface area contributed by atoms with Gasteiger partial charge < -0.3 is 15.2 Å². The van der Waals surface area contributed by atoms with Crippen LogP contribution in [0, 0.1) is 0 Å². The van der Waals surface area contributed by atoms with Gasteiger partial charge in [-0.05, 0) is 64.0 Å². The molecule has 1 aromatic heterocycles. The van der Waals surface area contributed by atoms with E-state index in [1.165, 1.54) is 16.6 Å². The number of hydrogen-bond donors (Lipinski definition) is 2. The van der Waals surface area contributed by atoms with Gasteiger partial charge in [-0.1, -0.05) is 42.5 Å². The average Bonchev–Trinajstić information content (AvgIpc) is 2.92. The molecule has 1 aliphatic carbocycles. The third-order valence-corrected chi connectivity index (χ3v) is 5.56. The molecule has 0 bridgehead atoms. The number of carbonyl (C=O) groups excluding carboxylic acids is 1. The van der Waals surface area contributed by atoms with Gasteiger partial charge >= 0.3 is 0 Å². The first-order chi connectivity index (χ1) is 14.5. The second-order valence-electron chi connectivity index (χ2n) is 8.34. The van der Waals surface area contributed by atoms with Gasteiger partial charge in [-0.3, -0.25) is 4.79 Å². The first-order valence-electron chi connectivity index (χ1n) is 10.6. The summed E-state index contributed by atoms with van der Waals surface area (Å²) in [7, 11) is 0. The molecule has 2 N–H and O–H groups in total. The number of anilines is 2. The van der Waals surface area contributed by atoms with Crippen molar-refractivity contribution in [2.75, 3.05) is 10.2 Å². The highest BCUT2D eigenvalue weighted by Crippen LogP contribution is 2.35. The largest absolute Gasteiger partial charge is 0.365 e. The minimum Gasteiger partial charge on any atom is -0.365 e. The molecule has 4 nitrogen and oxygen atoms in total. The molecule has 0 spiro atoms. The molecule has 0 fully saturated rings. The summed E-state index contributed by atoms with van der Waals surface area (Å²) in [5.41, 5.74) is 6.03. The summed E-state index contributed by atoms with van der Waals surface area (Å²) in [6.07, 6.45) is 6.75. The zero-order chi connectivity index (χ0) is 21.3. The van der Waals surface area contributed by atoms with E-state index in [1.54, 1.807) is 0 Å². The molecule has 2 aromatic carbocycles. The van der Waals surface area contributed by atoms with E-state index < -0.39 is 0 Å². The molecule has 0 atom stereocenters. The van der Waals surface area contributed by atoms with Crippen LogP contribution in [0.1, 0.15) is 39.0 Å². The maximum Gasteiger partial charge on any atom is 0.255 e. The third kappa shape index (κ3) is 3.78. The van der Waals surface area contributed by atoms with Crippen molar-refractivity contribution in [3.63, 3.8) is 0 Å². The normalized spacial score (nSPS) is 13.3. The van der Waals surface area contributed by atoms with Gasteiger partial charge in [-0.15, -0.1) is 0 Å². The minimum atomic E-state index is -0.102. The van der Waals surface area contributed by atoms with E-state index >= 15 is 0 Å². The molecule has 30 heavy (non-hydrogen) atoms. The predicted octanol–water partition coefficient (Wildman–Crippen LogP) is 5.93. The monoisotopic (exact) mass is 399 g/mol. The molecule has 154 valence electrons. The summed E-state index contributed by atoms with van der Waals surface area (Å²) in [6, 6.07) is 16.8. The van der Waals surface area contributed by atoms with Gasteiger partial charge in [-0.2, -0.15) is 0 Å². The van der Waals surface area contributed by atoms with E-state index in [0.29, 0.717) is 17.7 Å². The molecule has 3 aromatic rings. The second-order valence-corrected chi connectivity index (χ2v) is 8.34. The topological polar surface area (TPSA) is 48.1 Å². The fraction of sp³-hybridized carbons (Fsp3) is 0.269. The number of aromatic nitrogens is 1. The van der Waals surface area contributed by atoms with Gasteiger partial charge in [0.15, 0.2) is 0 Å². The maximum absolute atomic E-state index is 12.8. The zero-order valence-corrected chi connectivity index (χ0v) is 18.1. The zero-order valence-electron chi connectivity index (χ0n) is 18.1. The standard InChI is InChI=1S/C26H29N3O/c1-17(2)29(18(3)4)24-15-9-14-22-21-13-8-10-19(16-23(21)28-25(22)24)26(30)27-20-11-6-5-7-12-20/h5-12,14-18,28H,13H2,1-4H3,(H,27,30). The first kappa shape index (κ1) is 20.0. The number of para-hydroxylation sites is 2. The Labute approximate surface area is 178 Å². The van der Waals surface area contributed by atoms with Gasteiger partial charge in [-0.25, -0.2) is 0 Å². The van der Waals surface area contributed by atoms with Crippen LogP contribution in [0.15, 0.2) is 66.3 Å². The number of aromatic amines is 1. The fourth-order valence-electron chi connectivity index (χ4n) is 4.36. The van der Waals surface area contributed by atoms with Gasteiger partial charge in [0.25, 0.3) is 5.91 Å². The second kappa shape index (κ2) is 8.23. The van der Waals surface area contributed by atoms with Crippen LogP contribution in [0.3, 0.4) is 0 Å². The van der Waals surface area contributed by atoms with E-state index in [2.05, 4.69) is 67.2 Å². The highest BCUT2D eigenvalue weighted by atomic mass is 16.1. The van der Waals surface area contributed by atoms with Crippen LogP contribution in [-0.4, -0.2) is 23.0 Å². The Morgan fingerprint density at radius 1 is 1.00 bits per heavy atom. The molecule has 0 saturated heterocycles. The lowest BCUT2D eigenvalue weighted by atomic mass is 10.1. The molecule has 4 heteroatoms. The minimum absolute atomic E-state index is 0.102. The van der Waals surface area contributed by atoms with Crippen LogP contribution in [0.5, 0.6) is 0 Å². The molecule has 4 rings (SSSR count). The average molecular weight is 400 g/mol. The van der Waals surface area contributed by atoms with Crippen LogP contribution in [0.4, 0.5) is 11.4 Å². The van der Waals surface area contributed by atoms with Crippen molar-refractivity contribution in [2.45, 2.75) is 46.2 Å². The summed E-state index contributed by atoms with van der Waals surface area (Å²) >= 11 is 0. The van der Waals surface area contributed by atoms with Crippen LogP contribution < -0.4 is 10.2 Å². The lowest BCUT2D eigenvalue weighted by Crippen LogP contribution is -2.37. The Kier molecular flexibility index (Phi) is 5.49. The lowest BCUT2D eigenvalue weighted by Gasteiger charge is -2.33. The molecule has 0 saturated carbocycles. The number of hydrogen-bond acceptors (Lipinski definition) is 2. The predicted molar refractivity (Wildman–Crippen MR) is 127 cm³/mol. The molecule has 0 aliphatic heterocycles. The van der Waals surface area contributed by atoms with Crippen LogP contribution in [0.25, 0.3) is 17.0 Å². The van der Waals surface area contributed by atoms with Crippen molar-refractivity contribution < 1.29 is 4.79 Å². The summed E-state index contributed by atoms with van der Waals surface area (Å²) in [6.45, 7) is 8.89. The summed E-state index contributed by atoms with van der Waals surface area (Å²) in [5.74, 6) is -0.102. The number of allylic oxidation sites excluding steroid dienone is 1. The number of carbonyl (C=O) groups is 1. The van der Waals surface area contributed by atoms with Crippen molar-refractivity contribution in [2.24, 2.45) is 0 Å². The summed E-state index contributed by atoms with van der Waals surface area (Å²) in [4.78, 5) is 18.9. The molecule has 1 amide bonds. The van der Waals surface area contributed by atoms with E-state index in [9.17, 15) is 4.79 Å². The van der Waals surface area contributed by atoms with E-state index in [4.69, 9.17) is 0 Å². The molecule has 1 aliphatic rings. The number of benzene rings is 2. The Balaban J connectivity index is 1.75. The number of amides is 1. The Morgan fingerprint density at radius 3 is 2.43 bits per heavy atom. The van der Waals surface area contributed by atoms with Gasteiger partial charge in [0.2, 0.25) is 0 Å². The molecule has 1 heterocycles. The Bertz CT molecular complexity index is 1110. The van der Waals surface area contributed by atoms with E-state index in [1.807, 2.05) is 42.5 Å². The fourth-order valence-corrected chi connectivity index (χ4v) is 4.36. The highest BCUT2D eigenvalue weighted by molar-refractivity contribution is 6.09. The van der Waals surface area contributed by atoms with Crippen LogP contribution >= 0.6 is 0 Å². The number of H-pyrrole nitrogens is 1. The Morgan fingerprint density at radius 2 is 1.73 bits per heavy atom. The van der Waals surface area contributed by atoms with Crippen molar-refractivity contribution in [3.05, 3.63) is 77.5 Å². The number of nitrogens with one attached hydrogen (secondary N) is 2. The first-order valence-corrected chi connectivity index (χ1v) is 10.6. The summed E-state index contributed by atoms with van der Waals surface area (Å²) in [5, 5.41) is 4.20. The van der Waals surface area contributed by atoms with Gasteiger partial charge in [0.05, 0.1) is 11.2 Å². The van der Waals surface area contributed by atoms with Crippen molar-refractivity contribution in [1.82, 2.24) is 4.98 Å². The molecule has 0 radical (unpaired) electrons. The lowest BCUT2D eigenvalue weighted by molar-refractivity contribution is -0.112. The quantitative estimate of drug-likeness (QED) is 0.559. The number of nitrogens with zero attached hydrogens (tertiary/aromatic N) is 1. The van der Waals surface area contributed by atoms with Gasteiger partial charge in [0.1, 0.15) is 0 Å². The maximum atomic E-state index is 12.8. The summed E-state index contributed by atoms with van der Waals surface area (Å²) < 4.78 is 0. The van der Waals surface area contributed by atoms with E-state index in [-0.39, 0.29) is 5.91 Å². The SMILES string of the molecule is CC(C)N(c1cccc2c3c([nH]c12)C=C(C(=O)Nc1ccccc1)C=CC3)C(C)C. The van der Waals surface area contributed by atoms with Crippen molar-refractivity contribution in [3.8, 4) is 0 Å². The molecular weight excluding hydrogens is 370 g/mol. The van der Waals surface area contributed by atoms with Crippen molar-refractivity contribution >= 4 is 34.3 Å². The van der Waals surface area contributed by atoms with E-state index in [0.717, 1.165) is 23.3 Å². The number of fused-ring (bicyclic) bond motifs is 3. The van der Waals surface area contributed by atoms with Gasteiger partial charge in [0, 0.05) is 34.4 Å². The van der Waals surface area contributed by atoms with Crippen molar-refractivity contribution in [1.29, 1.82) is 0 Å². The molecule has 0 unspecified atom stereocenters. The smallest absolute Gasteiger partial charge is 0.255 e. The van der Waals surface area contributed by atoms with Crippen LogP contribution in [0.2, 0.25) is 0 Å². The third-order valence-electron chi connectivity index (χ3n) is 5.56. The molecular formula is C26H29N3O. The highest BCUT2D eigenvalue weighted by Gasteiger charge is 2.21. The number of rotatable bonds is 5. The van der Waals surface area contributed by atoms with Crippen LogP contribution in [-0.2, 0) is 11.2 Å².